The number of likely N-dealkylation sites (tertiary alicyclic amines) is 1. The van der Waals surface area contributed by atoms with Gasteiger partial charge in [0.25, 0.3) is 5.56 Å². The molecule has 1 aliphatic heterocycles. The summed E-state index contributed by atoms with van der Waals surface area (Å²) in [7, 11) is 1.64. The van der Waals surface area contributed by atoms with Gasteiger partial charge in [0.2, 0.25) is 0 Å². The molecule has 1 aliphatic rings. The third-order valence-electron chi connectivity index (χ3n) is 7.91. The summed E-state index contributed by atoms with van der Waals surface area (Å²) >= 11 is 0. The second-order valence-corrected chi connectivity index (χ2v) is 10.4. The smallest absolute Gasteiger partial charge is 0.251 e. The van der Waals surface area contributed by atoms with Crippen molar-refractivity contribution < 1.29 is 9.53 Å². The highest BCUT2D eigenvalue weighted by Crippen LogP contribution is 2.37. The normalized spacial score (nSPS) is 16.4. The molecule has 2 heterocycles. The number of nitrogens with one attached hydrogen (secondary N) is 1. The van der Waals surface area contributed by atoms with Crippen molar-refractivity contribution in [1.82, 2.24) is 14.8 Å². The minimum atomic E-state index is -0.287. The van der Waals surface area contributed by atoms with E-state index in [0.29, 0.717) is 6.54 Å². The molecular formula is C31H45N3O3. The first kappa shape index (κ1) is 28.7. The molecule has 0 atom stereocenters. The van der Waals surface area contributed by atoms with Crippen LogP contribution in [0.5, 0.6) is 5.75 Å². The summed E-state index contributed by atoms with van der Waals surface area (Å²) in [5.41, 5.74) is 2.87. The van der Waals surface area contributed by atoms with E-state index in [1.807, 2.05) is 36.6 Å². The SMILES string of the molecule is C/C=C\C=C(/CCC)NCCN1CCC(CCCn2c(=O)cc(C)c3ccc(OC)cc32)(C(C)=O)CC1. The molecule has 37 heavy (non-hydrogen) atoms. The van der Waals surface area contributed by atoms with Crippen molar-refractivity contribution in [3.63, 3.8) is 0 Å². The summed E-state index contributed by atoms with van der Waals surface area (Å²) in [6.07, 6.45) is 11.9. The Morgan fingerprint density at radius 1 is 1.19 bits per heavy atom. The van der Waals surface area contributed by atoms with Crippen LogP contribution in [0.25, 0.3) is 10.9 Å². The standard InChI is InChI=1S/C31H45N3O3/c1-6-8-11-26(10-7-2)32-17-21-33-19-15-31(16-20-33,25(4)35)14-9-18-34-29-23-27(37-5)12-13-28(29)24(3)22-30(34)36/h6,8,11-13,22-23,32H,7,9-10,14-21H2,1-5H3/b8-6-,26-11+. The maximum absolute atomic E-state index is 12.9. The number of aromatic nitrogens is 1. The van der Waals surface area contributed by atoms with Crippen LogP contribution in [-0.2, 0) is 11.3 Å². The zero-order valence-electron chi connectivity index (χ0n) is 23.4. The first-order chi connectivity index (χ1) is 17.8. The van der Waals surface area contributed by atoms with E-state index in [4.69, 9.17) is 4.74 Å². The van der Waals surface area contributed by atoms with Crippen molar-refractivity contribution >= 4 is 16.7 Å². The second-order valence-electron chi connectivity index (χ2n) is 10.4. The molecule has 0 radical (unpaired) electrons. The molecule has 0 bridgehead atoms. The maximum atomic E-state index is 12.9. The summed E-state index contributed by atoms with van der Waals surface area (Å²) in [5, 5.41) is 4.65. The lowest BCUT2D eigenvalue weighted by molar-refractivity contribution is -0.130. The van der Waals surface area contributed by atoms with Gasteiger partial charge < -0.3 is 19.5 Å². The lowest BCUT2D eigenvalue weighted by Crippen LogP contribution is -2.45. The number of allylic oxidation sites excluding steroid dienone is 4. The van der Waals surface area contributed by atoms with Crippen molar-refractivity contribution in [2.24, 2.45) is 5.41 Å². The van der Waals surface area contributed by atoms with Gasteiger partial charge in [-0.1, -0.05) is 25.5 Å². The minimum Gasteiger partial charge on any atom is -0.497 e. The number of piperidine rings is 1. The number of fused-ring (bicyclic) bond motifs is 1. The molecule has 1 aromatic heterocycles. The number of hydrogen-bond donors (Lipinski definition) is 1. The fourth-order valence-electron chi connectivity index (χ4n) is 5.53. The number of aryl methyl sites for hydroxylation is 2. The molecule has 6 nitrogen and oxygen atoms in total. The zero-order valence-corrected chi connectivity index (χ0v) is 23.4. The Morgan fingerprint density at radius 2 is 1.95 bits per heavy atom. The van der Waals surface area contributed by atoms with Crippen LogP contribution in [-0.4, -0.2) is 48.5 Å². The molecule has 1 aromatic carbocycles. The van der Waals surface area contributed by atoms with E-state index in [1.165, 1.54) is 5.70 Å². The number of methoxy groups -OCH3 is 1. The first-order valence-electron chi connectivity index (χ1n) is 13.8. The van der Waals surface area contributed by atoms with Crippen LogP contribution in [0, 0.1) is 12.3 Å². The number of carbonyl (C=O) groups is 1. The number of carbonyl (C=O) groups excluding carboxylic acids is 1. The molecule has 3 rings (SSSR count). The quantitative estimate of drug-likeness (QED) is 0.357. The van der Waals surface area contributed by atoms with Gasteiger partial charge >= 0.3 is 0 Å². The number of ether oxygens (including phenoxy) is 1. The summed E-state index contributed by atoms with van der Waals surface area (Å²) in [5.74, 6) is 1.03. The van der Waals surface area contributed by atoms with E-state index >= 15 is 0 Å². The molecule has 1 saturated heterocycles. The third-order valence-corrected chi connectivity index (χ3v) is 7.91. The Bertz CT molecular complexity index is 1170. The Labute approximate surface area is 222 Å². The lowest BCUT2D eigenvalue weighted by atomic mass is 9.72. The van der Waals surface area contributed by atoms with Gasteiger partial charge in [0.05, 0.1) is 12.6 Å². The number of ketones is 1. The minimum absolute atomic E-state index is 0.00312. The second kappa shape index (κ2) is 13.6. The predicted octanol–water partition coefficient (Wildman–Crippen LogP) is 5.62. The molecule has 6 heteroatoms. The summed E-state index contributed by atoms with van der Waals surface area (Å²) in [6, 6.07) is 7.60. The van der Waals surface area contributed by atoms with Gasteiger partial charge in [0, 0.05) is 48.3 Å². The molecular weight excluding hydrogens is 462 g/mol. The summed E-state index contributed by atoms with van der Waals surface area (Å²) in [4.78, 5) is 28.2. The molecule has 0 aliphatic carbocycles. The average molecular weight is 508 g/mol. The van der Waals surface area contributed by atoms with Gasteiger partial charge in [-0.05, 0) is 89.7 Å². The van der Waals surface area contributed by atoms with Gasteiger partial charge in [0.15, 0.2) is 0 Å². The van der Waals surface area contributed by atoms with Gasteiger partial charge in [-0.25, -0.2) is 0 Å². The number of Topliss-reactive ketones (excluding diaryl/α,β-unsaturated/α-hetero) is 1. The number of pyridine rings is 1. The molecule has 0 amide bonds. The fraction of sp³-hybridized carbons (Fsp3) is 0.548. The van der Waals surface area contributed by atoms with Crippen LogP contribution < -0.4 is 15.6 Å². The van der Waals surface area contributed by atoms with Crippen molar-refractivity contribution in [2.45, 2.75) is 72.8 Å². The molecule has 1 N–H and O–H groups in total. The number of nitrogens with zero attached hydrogens (tertiary/aromatic N) is 2. The highest BCUT2D eigenvalue weighted by molar-refractivity contribution is 5.84. The van der Waals surface area contributed by atoms with Gasteiger partial charge in [-0.15, -0.1) is 0 Å². The molecule has 0 saturated carbocycles. The molecule has 0 unspecified atom stereocenters. The monoisotopic (exact) mass is 507 g/mol. The van der Waals surface area contributed by atoms with Crippen LogP contribution >= 0.6 is 0 Å². The Hall–Kier alpha value is -2.86. The summed E-state index contributed by atoms with van der Waals surface area (Å²) in [6.45, 7) is 12.3. The van der Waals surface area contributed by atoms with Crippen molar-refractivity contribution in [2.75, 3.05) is 33.3 Å². The van der Waals surface area contributed by atoms with E-state index in [9.17, 15) is 9.59 Å². The van der Waals surface area contributed by atoms with E-state index < -0.39 is 0 Å². The Morgan fingerprint density at radius 3 is 2.59 bits per heavy atom. The lowest BCUT2D eigenvalue weighted by Gasteiger charge is -2.40. The highest BCUT2D eigenvalue weighted by atomic mass is 16.5. The van der Waals surface area contributed by atoms with E-state index in [0.717, 1.165) is 86.9 Å². The third kappa shape index (κ3) is 7.35. The molecule has 0 spiro atoms. The first-order valence-corrected chi connectivity index (χ1v) is 13.8. The number of hydrogen-bond acceptors (Lipinski definition) is 5. The number of benzene rings is 1. The van der Waals surface area contributed by atoms with Crippen molar-refractivity contribution in [1.29, 1.82) is 0 Å². The van der Waals surface area contributed by atoms with E-state index in [-0.39, 0.29) is 16.8 Å². The largest absolute Gasteiger partial charge is 0.497 e. The molecule has 1 fully saturated rings. The van der Waals surface area contributed by atoms with Crippen LogP contribution in [0.1, 0.15) is 64.9 Å². The Balaban J connectivity index is 1.59. The molecule has 202 valence electrons. The van der Waals surface area contributed by atoms with Gasteiger partial charge in [-0.3, -0.25) is 9.59 Å². The van der Waals surface area contributed by atoms with Crippen LogP contribution in [0.15, 0.2) is 53.0 Å². The fourth-order valence-corrected chi connectivity index (χ4v) is 5.53. The van der Waals surface area contributed by atoms with Crippen molar-refractivity contribution in [3.8, 4) is 5.75 Å². The predicted molar refractivity (Wildman–Crippen MR) is 153 cm³/mol. The van der Waals surface area contributed by atoms with E-state index in [2.05, 4.69) is 35.4 Å². The topological polar surface area (TPSA) is 63.6 Å². The molecule has 2 aromatic rings. The van der Waals surface area contributed by atoms with Crippen molar-refractivity contribution in [3.05, 3.63) is 64.1 Å². The zero-order chi connectivity index (χ0) is 26.8. The van der Waals surface area contributed by atoms with Crippen LogP contribution in [0.3, 0.4) is 0 Å². The van der Waals surface area contributed by atoms with Gasteiger partial charge in [-0.2, -0.15) is 0 Å². The maximum Gasteiger partial charge on any atom is 0.251 e. The Kier molecular flexibility index (Phi) is 10.6. The van der Waals surface area contributed by atoms with Crippen LogP contribution in [0.4, 0.5) is 0 Å². The summed E-state index contributed by atoms with van der Waals surface area (Å²) < 4.78 is 7.25. The van der Waals surface area contributed by atoms with Gasteiger partial charge in [0.1, 0.15) is 11.5 Å². The average Bonchev–Trinajstić information content (AvgIpc) is 2.89. The highest BCUT2D eigenvalue weighted by Gasteiger charge is 2.38. The van der Waals surface area contributed by atoms with Crippen LogP contribution in [0.2, 0.25) is 0 Å². The van der Waals surface area contributed by atoms with E-state index in [1.54, 1.807) is 20.1 Å². The number of rotatable bonds is 13.